The average molecular weight is 291 g/mol. The summed E-state index contributed by atoms with van der Waals surface area (Å²) in [5, 5.41) is 1.18. The van der Waals surface area contributed by atoms with Crippen molar-refractivity contribution in [3.63, 3.8) is 0 Å². The van der Waals surface area contributed by atoms with Crippen molar-refractivity contribution in [2.75, 3.05) is 0 Å². The number of hydrogen-bond donors (Lipinski definition) is 0. The quantitative estimate of drug-likeness (QED) is 0.752. The van der Waals surface area contributed by atoms with Crippen LogP contribution in [0.1, 0.15) is 17.7 Å². The van der Waals surface area contributed by atoms with Gasteiger partial charge in [-0.25, -0.2) is 0 Å². The number of thioether (sulfide) groups is 1. The Bertz CT molecular complexity index is 380. The van der Waals surface area contributed by atoms with Crippen molar-refractivity contribution in [1.29, 1.82) is 0 Å². The van der Waals surface area contributed by atoms with E-state index in [1.807, 2.05) is 18.2 Å². The second-order valence-electron chi connectivity index (χ2n) is 3.22. The zero-order valence-corrected chi connectivity index (χ0v) is 10.7. The van der Waals surface area contributed by atoms with E-state index < -0.39 is 0 Å². The first-order valence-electron chi connectivity index (χ1n) is 4.32. The van der Waals surface area contributed by atoms with Crippen LogP contribution in [0.5, 0.6) is 0 Å². The fourth-order valence-corrected chi connectivity index (χ4v) is 3.59. The number of hydrogen-bond acceptors (Lipinski definition) is 2. The molecule has 74 valence electrons. The third-order valence-electron chi connectivity index (χ3n) is 2.14. The van der Waals surface area contributed by atoms with Crippen LogP contribution in [-0.4, -0.2) is 9.99 Å². The molecule has 1 nitrogen and oxygen atoms in total. The standard InChI is InChI=1S/C10H9BrClNS/c1-6-9(14-10(11)13-6)7-3-2-4-8(12)5-7/h2-6,9H,1H3/t6-,9?/m1/s1. The third kappa shape index (κ3) is 2.15. The lowest BCUT2D eigenvalue weighted by atomic mass is 10.1. The Balaban J connectivity index is 2.25. The molecule has 1 aliphatic heterocycles. The summed E-state index contributed by atoms with van der Waals surface area (Å²) >= 11 is 11.1. The van der Waals surface area contributed by atoms with Crippen molar-refractivity contribution in [1.82, 2.24) is 0 Å². The summed E-state index contributed by atoms with van der Waals surface area (Å²) in [7, 11) is 0. The Labute approximate surface area is 101 Å². The fraction of sp³-hybridized carbons (Fsp3) is 0.300. The lowest BCUT2D eigenvalue weighted by Gasteiger charge is -2.13. The maximum Gasteiger partial charge on any atom is 0.135 e. The molecule has 1 unspecified atom stereocenters. The lowest BCUT2D eigenvalue weighted by Crippen LogP contribution is -2.04. The van der Waals surface area contributed by atoms with Crippen LogP contribution in [-0.2, 0) is 0 Å². The van der Waals surface area contributed by atoms with Crippen LogP contribution in [0, 0.1) is 0 Å². The largest absolute Gasteiger partial charge is 0.267 e. The molecule has 0 bridgehead atoms. The fourth-order valence-electron chi connectivity index (χ4n) is 1.49. The Hall–Kier alpha value is 0.01000. The summed E-state index contributed by atoms with van der Waals surface area (Å²) in [6.45, 7) is 2.12. The minimum Gasteiger partial charge on any atom is -0.267 e. The van der Waals surface area contributed by atoms with Crippen LogP contribution < -0.4 is 0 Å². The highest BCUT2D eigenvalue weighted by Crippen LogP contribution is 2.42. The van der Waals surface area contributed by atoms with Gasteiger partial charge in [-0.15, -0.1) is 0 Å². The van der Waals surface area contributed by atoms with Gasteiger partial charge in [-0.2, -0.15) is 0 Å². The molecule has 0 aromatic heterocycles. The summed E-state index contributed by atoms with van der Waals surface area (Å²) in [5.41, 5.74) is 1.24. The molecule has 0 saturated heterocycles. The van der Waals surface area contributed by atoms with E-state index in [0.29, 0.717) is 11.3 Å². The summed E-state index contributed by atoms with van der Waals surface area (Å²) < 4.78 is 0.981. The molecule has 2 rings (SSSR count). The smallest absolute Gasteiger partial charge is 0.135 e. The van der Waals surface area contributed by atoms with Gasteiger partial charge in [0.05, 0.1) is 11.3 Å². The predicted octanol–water partition coefficient (Wildman–Crippen LogP) is 4.27. The van der Waals surface area contributed by atoms with Crippen LogP contribution in [0.15, 0.2) is 29.3 Å². The Morgan fingerprint density at radius 2 is 2.29 bits per heavy atom. The molecular formula is C10H9BrClNS. The highest BCUT2D eigenvalue weighted by molar-refractivity contribution is 9.22. The highest BCUT2D eigenvalue weighted by atomic mass is 79.9. The van der Waals surface area contributed by atoms with E-state index in [2.05, 4.69) is 33.9 Å². The molecule has 0 fully saturated rings. The molecule has 0 amide bonds. The molecule has 1 aliphatic rings. The molecule has 4 heteroatoms. The minimum atomic E-state index is 0.313. The monoisotopic (exact) mass is 289 g/mol. The van der Waals surface area contributed by atoms with E-state index >= 15 is 0 Å². The Morgan fingerprint density at radius 3 is 2.86 bits per heavy atom. The van der Waals surface area contributed by atoms with Crippen LogP contribution in [0.3, 0.4) is 0 Å². The molecule has 14 heavy (non-hydrogen) atoms. The molecule has 0 aliphatic carbocycles. The predicted molar refractivity (Wildman–Crippen MR) is 67.6 cm³/mol. The van der Waals surface area contributed by atoms with Crippen molar-refractivity contribution in [2.45, 2.75) is 18.2 Å². The second-order valence-corrected chi connectivity index (χ2v) is 6.06. The maximum absolute atomic E-state index is 5.95. The van der Waals surface area contributed by atoms with Gasteiger partial charge in [0.25, 0.3) is 0 Å². The molecule has 0 spiro atoms. The van der Waals surface area contributed by atoms with E-state index in [1.165, 1.54) is 5.56 Å². The number of benzene rings is 1. The molecule has 0 radical (unpaired) electrons. The van der Waals surface area contributed by atoms with Gasteiger partial charge in [0.1, 0.15) is 3.95 Å². The van der Waals surface area contributed by atoms with Crippen molar-refractivity contribution in [3.8, 4) is 0 Å². The van der Waals surface area contributed by atoms with Gasteiger partial charge >= 0.3 is 0 Å². The third-order valence-corrected chi connectivity index (χ3v) is 4.37. The molecule has 0 saturated carbocycles. The van der Waals surface area contributed by atoms with Crippen LogP contribution in [0.25, 0.3) is 0 Å². The van der Waals surface area contributed by atoms with Gasteiger partial charge in [-0.1, -0.05) is 35.5 Å². The van der Waals surface area contributed by atoms with E-state index in [9.17, 15) is 0 Å². The molecular weight excluding hydrogens is 282 g/mol. The summed E-state index contributed by atoms with van der Waals surface area (Å²) in [6.07, 6.45) is 0. The van der Waals surface area contributed by atoms with Crippen molar-refractivity contribution in [3.05, 3.63) is 34.9 Å². The lowest BCUT2D eigenvalue weighted by molar-refractivity contribution is 0.741. The molecule has 1 heterocycles. The van der Waals surface area contributed by atoms with Crippen LogP contribution in [0.4, 0.5) is 0 Å². The molecule has 2 atom stereocenters. The average Bonchev–Trinajstić information content (AvgIpc) is 2.45. The van der Waals surface area contributed by atoms with Crippen molar-refractivity contribution >= 4 is 43.2 Å². The van der Waals surface area contributed by atoms with Gasteiger partial charge in [0.15, 0.2) is 0 Å². The number of aliphatic imine (C=N–C) groups is 1. The van der Waals surface area contributed by atoms with Gasteiger partial charge in [0, 0.05) is 5.02 Å². The normalized spacial score (nSPS) is 26.4. The highest BCUT2D eigenvalue weighted by Gasteiger charge is 2.26. The van der Waals surface area contributed by atoms with Crippen molar-refractivity contribution in [2.24, 2.45) is 4.99 Å². The first-order chi connectivity index (χ1) is 6.66. The van der Waals surface area contributed by atoms with E-state index in [4.69, 9.17) is 11.6 Å². The second kappa shape index (κ2) is 4.25. The zero-order valence-electron chi connectivity index (χ0n) is 7.58. The topological polar surface area (TPSA) is 12.4 Å². The first kappa shape index (κ1) is 10.5. The Kier molecular flexibility index (Phi) is 3.20. The summed E-state index contributed by atoms with van der Waals surface area (Å²) in [5.74, 6) is 0. The molecule has 1 aromatic carbocycles. The summed E-state index contributed by atoms with van der Waals surface area (Å²) in [6, 6.07) is 8.30. The van der Waals surface area contributed by atoms with Gasteiger partial charge in [-0.3, -0.25) is 4.99 Å². The number of rotatable bonds is 1. The Morgan fingerprint density at radius 1 is 1.50 bits per heavy atom. The van der Waals surface area contributed by atoms with E-state index in [1.54, 1.807) is 11.8 Å². The summed E-state index contributed by atoms with van der Waals surface area (Å²) in [4.78, 5) is 4.43. The van der Waals surface area contributed by atoms with Crippen molar-refractivity contribution < 1.29 is 0 Å². The van der Waals surface area contributed by atoms with E-state index in [-0.39, 0.29) is 0 Å². The maximum atomic E-state index is 5.95. The molecule has 1 aromatic rings. The van der Waals surface area contributed by atoms with Crippen LogP contribution >= 0.6 is 39.3 Å². The molecule has 0 N–H and O–H groups in total. The van der Waals surface area contributed by atoms with Gasteiger partial charge in [0.2, 0.25) is 0 Å². The SMILES string of the molecule is C[C@H]1N=C(Br)SC1c1cccc(Cl)c1. The van der Waals surface area contributed by atoms with Gasteiger partial charge < -0.3 is 0 Å². The zero-order chi connectivity index (χ0) is 10.1. The number of halogens is 2. The van der Waals surface area contributed by atoms with Crippen LogP contribution in [0.2, 0.25) is 5.02 Å². The van der Waals surface area contributed by atoms with Gasteiger partial charge in [-0.05, 0) is 40.5 Å². The number of nitrogens with zero attached hydrogens (tertiary/aromatic N) is 1. The first-order valence-corrected chi connectivity index (χ1v) is 6.37. The van der Waals surface area contributed by atoms with E-state index in [0.717, 1.165) is 8.98 Å². The minimum absolute atomic E-state index is 0.313.